The van der Waals surface area contributed by atoms with E-state index in [4.69, 9.17) is 11.6 Å². The van der Waals surface area contributed by atoms with E-state index in [9.17, 15) is 0 Å². The SMILES string of the molecule is C=C(C)/C(Cl)=C\C. The van der Waals surface area contributed by atoms with Gasteiger partial charge >= 0.3 is 0 Å². The molecule has 0 bridgehead atoms. The third-order valence-electron chi connectivity index (χ3n) is 0.661. The van der Waals surface area contributed by atoms with Crippen LogP contribution in [0.1, 0.15) is 13.8 Å². The van der Waals surface area contributed by atoms with E-state index in [2.05, 4.69) is 6.58 Å². The van der Waals surface area contributed by atoms with Gasteiger partial charge in [-0.1, -0.05) is 24.3 Å². The second kappa shape index (κ2) is 2.86. The highest BCUT2D eigenvalue weighted by Crippen LogP contribution is 2.09. The minimum Gasteiger partial charge on any atom is -0.0946 e. The minimum atomic E-state index is 0.750. The molecule has 0 N–H and O–H groups in total. The Bertz CT molecular complexity index is 101. The number of rotatable bonds is 1. The van der Waals surface area contributed by atoms with Crippen molar-refractivity contribution in [3.8, 4) is 0 Å². The Kier molecular flexibility index (Phi) is 2.77. The van der Waals surface area contributed by atoms with Crippen molar-refractivity contribution in [1.29, 1.82) is 0 Å². The lowest BCUT2D eigenvalue weighted by Crippen LogP contribution is -1.67. The van der Waals surface area contributed by atoms with Crippen molar-refractivity contribution in [2.45, 2.75) is 13.8 Å². The average Bonchev–Trinajstić information content (AvgIpc) is 1.65. The molecule has 0 spiro atoms. The second-order valence-corrected chi connectivity index (χ2v) is 1.82. The van der Waals surface area contributed by atoms with E-state index < -0.39 is 0 Å². The summed E-state index contributed by atoms with van der Waals surface area (Å²) in [7, 11) is 0. The summed E-state index contributed by atoms with van der Waals surface area (Å²) in [5, 5.41) is 0.750. The van der Waals surface area contributed by atoms with Gasteiger partial charge in [0, 0.05) is 5.03 Å². The molecule has 0 amide bonds. The van der Waals surface area contributed by atoms with Crippen molar-refractivity contribution >= 4 is 11.6 Å². The first kappa shape index (κ1) is 6.77. The van der Waals surface area contributed by atoms with Crippen LogP contribution in [0, 0.1) is 0 Å². The molecule has 0 aliphatic heterocycles. The molecule has 0 aromatic heterocycles. The normalized spacial score (nSPS) is 11.6. The van der Waals surface area contributed by atoms with Gasteiger partial charge in [-0.15, -0.1) is 0 Å². The Hall–Kier alpha value is -0.230. The predicted octanol–water partition coefficient (Wildman–Crippen LogP) is 2.71. The number of hydrogen-bond acceptors (Lipinski definition) is 0. The maximum Gasteiger partial charge on any atom is 0.0386 e. The molecule has 7 heavy (non-hydrogen) atoms. The first-order valence-corrected chi connectivity index (χ1v) is 2.54. The van der Waals surface area contributed by atoms with Crippen LogP contribution in [0.2, 0.25) is 0 Å². The van der Waals surface area contributed by atoms with Crippen LogP contribution in [0.3, 0.4) is 0 Å². The highest BCUT2D eigenvalue weighted by molar-refractivity contribution is 6.31. The molecule has 0 nitrogen and oxygen atoms in total. The summed E-state index contributed by atoms with van der Waals surface area (Å²) in [4.78, 5) is 0. The first-order valence-electron chi connectivity index (χ1n) is 2.16. The van der Waals surface area contributed by atoms with E-state index in [1.165, 1.54) is 0 Å². The van der Waals surface area contributed by atoms with E-state index in [1.54, 1.807) is 0 Å². The van der Waals surface area contributed by atoms with Crippen molar-refractivity contribution in [3.05, 3.63) is 23.3 Å². The highest BCUT2D eigenvalue weighted by atomic mass is 35.5. The lowest BCUT2D eigenvalue weighted by molar-refractivity contribution is 1.50. The van der Waals surface area contributed by atoms with Gasteiger partial charge in [-0.25, -0.2) is 0 Å². The first-order chi connectivity index (χ1) is 3.18. The monoisotopic (exact) mass is 116 g/mol. The Morgan fingerprint density at radius 2 is 2.14 bits per heavy atom. The molecule has 0 heterocycles. The van der Waals surface area contributed by atoms with Gasteiger partial charge in [0.1, 0.15) is 0 Å². The molecular formula is C6H9Cl. The summed E-state index contributed by atoms with van der Waals surface area (Å²) in [6.45, 7) is 7.39. The van der Waals surface area contributed by atoms with Crippen LogP contribution in [-0.4, -0.2) is 0 Å². The van der Waals surface area contributed by atoms with E-state index in [1.807, 2.05) is 19.9 Å². The van der Waals surface area contributed by atoms with Crippen molar-refractivity contribution < 1.29 is 0 Å². The molecule has 0 saturated carbocycles. The van der Waals surface area contributed by atoms with Gasteiger partial charge in [0.2, 0.25) is 0 Å². The van der Waals surface area contributed by atoms with Crippen LogP contribution in [0.4, 0.5) is 0 Å². The third-order valence-corrected chi connectivity index (χ3v) is 1.20. The standard InChI is InChI=1S/C6H9Cl/c1-4-6(7)5(2)3/h4H,2H2,1,3H3/b6-4+. The Balaban J connectivity index is 3.82. The zero-order valence-electron chi connectivity index (χ0n) is 4.66. The molecule has 0 aromatic carbocycles. The summed E-state index contributed by atoms with van der Waals surface area (Å²) in [6, 6.07) is 0. The minimum absolute atomic E-state index is 0.750. The van der Waals surface area contributed by atoms with Crippen molar-refractivity contribution in [1.82, 2.24) is 0 Å². The third kappa shape index (κ3) is 2.46. The fourth-order valence-corrected chi connectivity index (χ4v) is 0.246. The van der Waals surface area contributed by atoms with Gasteiger partial charge in [-0.05, 0) is 19.4 Å². The van der Waals surface area contributed by atoms with Gasteiger partial charge in [0.05, 0.1) is 0 Å². The number of hydrogen-bond donors (Lipinski definition) is 0. The lowest BCUT2D eigenvalue weighted by atomic mass is 10.3. The number of halogens is 1. The molecular weight excluding hydrogens is 108 g/mol. The summed E-state index contributed by atoms with van der Waals surface area (Å²) in [6.07, 6.45) is 1.82. The Labute approximate surface area is 49.5 Å². The van der Waals surface area contributed by atoms with Crippen molar-refractivity contribution in [3.63, 3.8) is 0 Å². The molecule has 0 saturated heterocycles. The average molecular weight is 117 g/mol. The topological polar surface area (TPSA) is 0 Å². The van der Waals surface area contributed by atoms with Crippen LogP contribution in [0.15, 0.2) is 23.3 Å². The maximum atomic E-state index is 5.56. The molecule has 0 aromatic rings. The molecule has 0 rings (SSSR count). The summed E-state index contributed by atoms with van der Waals surface area (Å²) < 4.78 is 0. The smallest absolute Gasteiger partial charge is 0.0386 e. The van der Waals surface area contributed by atoms with Gasteiger partial charge in [-0.2, -0.15) is 0 Å². The van der Waals surface area contributed by atoms with Crippen LogP contribution >= 0.6 is 11.6 Å². The molecule has 0 unspecified atom stereocenters. The fourth-order valence-electron chi connectivity index (χ4n) is 0.246. The summed E-state index contributed by atoms with van der Waals surface area (Å²) >= 11 is 5.56. The van der Waals surface area contributed by atoms with Gasteiger partial charge < -0.3 is 0 Å². The van der Waals surface area contributed by atoms with Crippen molar-refractivity contribution in [2.75, 3.05) is 0 Å². The Morgan fingerprint density at radius 1 is 1.71 bits per heavy atom. The van der Waals surface area contributed by atoms with E-state index in [0.717, 1.165) is 10.6 Å². The van der Waals surface area contributed by atoms with E-state index in [-0.39, 0.29) is 0 Å². The summed E-state index contributed by atoms with van der Waals surface area (Å²) in [5.41, 5.74) is 0.921. The van der Waals surface area contributed by atoms with Crippen molar-refractivity contribution in [2.24, 2.45) is 0 Å². The van der Waals surface area contributed by atoms with Gasteiger partial charge in [-0.3, -0.25) is 0 Å². The zero-order valence-corrected chi connectivity index (χ0v) is 5.42. The molecule has 0 aliphatic rings. The van der Waals surface area contributed by atoms with Crippen LogP contribution in [-0.2, 0) is 0 Å². The molecule has 1 heteroatoms. The van der Waals surface area contributed by atoms with E-state index >= 15 is 0 Å². The van der Waals surface area contributed by atoms with Crippen LogP contribution < -0.4 is 0 Å². The lowest BCUT2D eigenvalue weighted by Gasteiger charge is -1.88. The molecule has 0 fully saturated rings. The second-order valence-electron chi connectivity index (χ2n) is 1.42. The fraction of sp³-hybridized carbons (Fsp3) is 0.333. The number of allylic oxidation sites excluding steroid dienone is 3. The Morgan fingerprint density at radius 3 is 2.14 bits per heavy atom. The highest BCUT2D eigenvalue weighted by Gasteiger charge is 1.84. The van der Waals surface area contributed by atoms with Crippen LogP contribution in [0.5, 0.6) is 0 Å². The van der Waals surface area contributed by atoms with Crippen LogP contribution in [0.25, 0.3) is 0 Å². The molecule has 0 aliphatic carbocycles. The molecule has 0 radical (unpaired) electrons. The van der Waals surface area contributed by atoms with Gasteiger partial charge in [0.15, 0.2) is 0 Å². The van der Waals surface area contributed by atoms with Gasteiger partial charge in [0.25, 0.3) is 0 Å². The predicted molar refractivity (Wildman–Crippen MR) is 34.4 cm³/mol. The zero-order chi connectivity index (χ0) is 5.86. The largest absolute Gasteiger partial charge is 0.0946 e. The molecule has 0 atom stereocenters. The van der Waals surface area contributed by atoms with E-state index in [0.29, 0.717) is 0 Å². The quantitative estimate of drug-likeness (QED) is 0.462. The summed E-state index contributed by atoms with van der Waals surface area (Å²) in [5.74, 6) is 0. The molecule has 40 valence electrons. The maximum absolute atomic E-state index is 5.56.